The second-order valence-corrected chi connectivity index (χ2v) is 24.7. The van der Waals surface area contributed by atoms with Crippen LogP contribution in [0.5, 0.6) is 0 Å². The van der Waals surface area contributed by atoms with Crippen LogP contribution in [0.2, 0.25) is 0 Å². The summed E-state index contributed by atoms with van der Waals surface area (Å²) in [6, 6.07) is 118. The Morgan fingerprint density at radius 1 is 0.163 bits per heavy atom. The standard InChI is InChI=1S/C86H56N6/c1-3-21-55(22-4-1)87-47-48-88(56-23-5-2-6-24-56)86-54-74-64-44-40-58(92-82-38-20-14-32-70(82)76-52-60(42-46-84(76)92)90-79-35-17-11-29-67(79)68-30-12-18-36-80(68)90)50-72(64)71-49-57(39-43-63(71)61-25-7-8-26-62(61)73(74)53-85(86)87)91-81-37-19-13-31-69(81)75-51-59(41-45-83(75)91)89-77-33-15-9-27-65(77)66-28-10-16-34-78(66)89/h1-46,49-54H,47-48H2. The van der Waals surface area contributed by atoms with Gasteiger partial charge in [-0.15, -0.1) is 0 Å². The zero-order valence-electron chi connectivity index (χ0n) is 50.1. The van der Waals surface area contributed by atoms with Crippen molar-refractivity contribution in [1.82, 2.24) is 18.3 Å². The van der Waals surface area contributed by atoms with Crippen LogP contribution < -0.4 is 9.80 Å². The van der Waals surface area contributed by atoms with E-state index in [0.29, 0.717) is 0 Å². The lowest BCUT2D eigenvalue weighted by Crippen LogP contribution is -2.36. The fourth-order valence-corrected chi connectivity index (χ4v) is 16.0. The molecular weight excluding hydrogens is 1120 g/mol. The predicted molar refractivity (Wildman–Crippen MR) is 386 cm³/mol. The van der Waals surface area contributed by atoms with E-state index in [0.717, 1.165) is 57.9 Å². The van der Waals surface area contributed by atoms with Gasteiger partial charge in [0.15, 0.2) is 0 Å². The summed E-state index contributed by atoms with van der Waals surface area (Å²) in [5.74, 6) is 0. The number of hydrogen-bond acceptors (Lipinski definition) is 2. The minimum absolute atomic E-state index is 0.824. The molecule has 2 aliphatic rings. The maximum Gasteiger partial charge on any atom is 0.0659 e. The van der Waals surface area contributed by atoms with E-state index in [-0.39, 0.29) is 0 Å². The van der Waals surface area contributed by atoms with Crippen molar-refractivity contribution in [2.24, 2.45) is 0 Å². The van der Waals surface area contributed by atoms with Gasteiger partial charge < -0.3 is 28.1 Å². The van der Waals surface area contributed by atoms with Crippen molar-refractivity contribution >= 4 is 110 Å². The van der Waals surface area contributed by atoms with Gasteiger partial charge in [0.2, 0.25) is 0 Å². The van der Waals surface area contributed by atoms with Crippen LogP contribution in [0.3, 0.4) is 0 Å². The molecule has 0 saturated carbocycles. The molecule has 18 aromatic rings. The van der Waals surface area contributed by atoms with Gasteiger partial charge in [0.05, 0.1) is 55.5 Å². The van der Waals surface area contributed by atoms with Crippen LogP contribution in [0.15, 0.2) is 315 Å². The molecule has 6 nitrogen and oxygen atoms in total. The van der Waals surface area contributed by atoms with E-state index in [4.69, 9.17) is 0 Å². The molecule has 92 heavy (non-hydrogen) atoms. The molecule has 5 heterocycles. The zero-order chi connectivity index (χ0) is 60.1. The van der Waals surface area contributed by atoms with Gasteiger partial charge in [0, 0.05) is 90.3 Å². The molecule has 0 amide bonds. The molecule has 0 radical (unpaired) electrons. The van der Waals surface area contributed by atoms with Crippen LogP contribution in [0.25, 0.3) is 154 Å². The number of rotatable bonds is 6. The number of para-hydroxylation sites is 8. The van der Waals surface area contributed by atoms with Gasteiger partial charge >= 0.3 is 0 Å². The van der Waals surface area contributed by atoms with Gasteiger partial charge in [-0.2, -0.15) is 0 Å². The first-order valence-electron chi connectivity index (χ1n) is 31.9. The smallest absolute Gasteiger partial charge is 0.0659 e. The molecule has 0 N–H and O–H groups in total. The molecule has 0 fully saturated rings. The second-order valence-electron chi connectivity index (χ2n) is 24.7. The van der Waals surface area contributed by atoms with E-state index in [1.807, 2.05) is 0 Å². The van der Waals surface area contributed by atoms with Gasteiger partial charge in [-0.05, 0) is 178 Å². The topological polar surface area (TPSA) is 26.2 Å². The summed E-state index contributed by atoms with van der Waals surface area (Å²) in [6.07, 6.45) is 0. The summed E-state index contributed by atoms with van der Waals surface area (Å²) in [4.78, 5) is 5.05. The highest BCUT2D eigenvalue weighted by Crippen LogP contribution is 2.54. The number of aromatic nitrogens is 4. The first kappa shape index (κ1) is 50.8. The molecule has 1 aliphatic carbocycles. The maximum atomic E-state index is 2.53. The molecule has 14 aromatic carbocycles. The van der Waals surface area contributed by atoms with E-state index in [9.17, 15) is 0 Å². The summed E-state index contributed by atoms with van der Waals surface area (Å²) >= 11 is 0. The van der Waals surface area contributed by atoms with Crippen molar-refractivity contribution in [3.8, 4) is 67.3 Å². The van der Waals surface area contributed by atoms with Crippen molar-refractivity contribution in [1.29, 1.82) is 0 Å². The van der Waals surface area contributed by atoms with Gasteiger partial charge in [-0.1, -0.05) is 182 Å². The van der Waals surface area contributed by atoms with Crippen molar-refractivity contribution in [3.63, 3.8) is 0 Å². The van der Waals surface area contributed by atoms with Crippen LogP contribution in [0, 0.1) is 0 Å². The highest BCUT2D eigenvalue weighted by atomic mass is 15.3. The molecule has 0 saturated heterocycles. The van der Waals surface area contributed by atoms with E-state index in [2.05, 4.69) is 344 Å². The number of hydrogen-bond donors (Lipinski definition) is 0. The Morgan fingerprint density at radius 3 is 0.783 bits per heavy atom. The number of nitrogens with zero attached hydrogens (tertiary/aromatic N) is 6. The van der Waals surface area contributed by atoms with E-state index >= 15 is 0 Å². The Morgan fingerprint density at radius 2 is 0.413 bits per heavy atom. The number of fused-ring (bicyclic) bond motifs is 21. The van der Waals surface area contributed by atoms with Crippen LogP contribution in [0.4, 0.5) is 22.7 Å². The average Bonchev–Trinajstić information content (AvgIpc) is 0.968. The first-order valence-corrected chi connectivity index (χ1v) is 31.9. The fourth-order valence-electron chi connectivity index (χ4n) is 16.0. The Kier molecular flexibility index (Phi) is 10.9. The summed E-state index contributed by atoms with van der Waals surface area (Å²) in [6.45, 7) is 1.66. The summed E-state index contributed by atoms with van der Waals surface area (Å²) in [7, 11) is 0. The summed E-state index contributed by atoms with van der Waals surface area (Å²) < 4.78 is 9.87. The molecular formula is C86H56N6. The van der Waals surface area contributed by atoms with Gasteiger partial charge in [0.25, 0.3) is 0 Å². The van der Waals surface area contributed by atoms with Gasteiger partial charge in [-0.25, -0.2) is 0 Å². The Hall–Kier alpha value is -12.1. The fraction of sp³-hybridized carbons (Fsp3) is 0.0233. The van der Waals surface area contributed by atoms with E-state index < -0.39 is 0 Å². The minimum atomic E-state index is 0.824. The maximum absolute atomic E-state index is 2.53. The van der Waals surface area contributed by atoms with Crippen molar-refractivity contribution in [3.05, 3.63) is 315 Å². The normalized spacial score (nSPS) is 12.9. The Bertz CT molecular complexity index is 5990. The quantitative estimate of drug-likeness (QED) is 0.166. The van der Waals surface area contributed by atoms with E-state index in [1.165, 1.54) is 132 Å². The van der Waals surface area contributed by atoms with Gasteiger partial charge in [0.1, 0.15) is 0 Å². The monoisotopic (exact) mass is 1170 g/mol. The van der Waals surface area contributed by atoms with Crippen molar-refractivity contribution in [2.45, 2.75) is 0 Å². The predicted octanol–water partition coefficient (Wildman–Crippen LogP) is 22.3. The van der Waals surface area contributed by atoms with Crippen molar-refractivity contribution in [2.75, 3.05) is 22.9 Å². The van der Waals surface area contributed by atoms with E-state index in [1.54, 1.807) is 0 Å². The first-order chi connectivity index (χ1) is 45.7. The van der Waals surface area contributed by atoms with Crippen LogP contribution in [0.1, 0.15) is 0 Å². The molecule has 0 unspecified atom stereocenters. The highest BCUT2D eigenvalue weighted by Gasteiger charge is 2.31. The molecule has 6 heteroatoms. The highest BCUT2D eigenvalue weighted by molar-refractivity contribution is 6.15. The Labute approximate surface area is 530 Å². The number of anilines is 4. The lowest BCUT2D eigenvalue weighted by molar-refractivity contribution is 0.850. The zero-order valence-corrected chi connectivity index (χ0v) is 50.1. The summed E-state index contributed by atoms with van der Waals surface area (Å²) in [5.41, 5.74) is 28.1. The summed E-state index contributed by atoms with van der Waals surface area (Å²) in [5, 5.41) is 9.85. The number of benzene rings is 14. The van der Waals surface area contributed by atoms with Crippen LogP contribution in [-0.4, -0.2) is 31.4 Å². The van der Waals surface area contributed by atoms with Crippen LogP contribution in [-0.2, 0) is 0 Å². The van der Waals surface area contributed by atoms with Crippen molar-refractivity contribution < 1.29 is 0 Å². The second kappa shape index (κ2) is 19.7. The molecule has 4 aromatic heterocycles. The molecule has 0 bridgehead atoms. The molecule has 1 aliphatic heterocycles. The van der Waals surface area contributed by atoms with Gasteiger partial charge in [-0.3, -0.25) is 0 Å². The molecule has 0 atom stereocenters. The molecule has 0 spiro atoms. The largest absolute Gasteiger partial charge is 0.338 e. The third kappa shape index (κ3) is 7.37. The third-order valence-corrected chi connectivity index (χ3v) is 20.0. The Balaban J connectivity index is 0.846. The van der Waals surface area contributed by atoms with Crippen LogP contribution >= 0.6 is 0 Å². The molecule has 430 valence electrons. The molecule has 20 rings (SSSR count). The third-order valence-electron chi connectivity index (χ3n) is 20.0. The lowest BCUT2D eigenvalue weighted by atomic mass is 9.80. The SMILES string of the molecule is c1ccc(N2CCN(c3ccccc3)c3cc4c(cc32)-c2ccccc2-c2ccc(-n3c5ccccc5c5cc(-n6c7ccccc7c7ccccc76)ccc53)cc2-c2cc(-n3c5ccccc5c5cc(-n6c7ccccc7c7ccccc76)ccc53)ccc2-4)cc1. The lowest BCUT2D eigenvalue weighted by Gasteiger charge is -2.40. The minimum Gasteiger partial charge on any atom is -0.338 e. The average molecular weight is 1170 g/mol.